The van der Waals surface area contributed by atoms with Crippen molar-refractivity contribution < 1.29 is 13.2 Å². The van der Waals surface area contributed by atoms with Crippen LogP contribution in [0, 0.1) is 12.8 Å². The molecule has 0 spiro atoms. The number of amides is 1. The first kappa shape index (κ1) is 20.8. The lowest BCUT2D eigenvalue weighted by Crippen LogP contribution is -2.38. The van der Waals surface area contributed by atoms with E-state index in [0.717, 1.165) is 24.8 Å². The average molecular weight is 421 g/mol. The molecule has 1 aliphatic heterocycles. The number of nitrogens with one attached hydrogen (secondary N) is 1. The molecule has 0 aliphatic carbocycles. The van der Waals surface area contributed by atoms with Crippen LogP contribution < -0.4 is 5.32 Å². The van der Waals surface area contributed by atoms with Gasteiger partial charge in [0.25, 0.3) is 0 Å². The molecule has 28 heavy (non-hydrogen) atoms. The van der Waals surface area contributed by atoms with E-state index in [1.165, 1.54) is 0 Å². The highest BCUT2D eigenvalue weighted by atomic mass is 35.5. The van der Waals surface area contributed by atoms with Crippen molar-refractivity contribution in [2.24, 2.45) is 5.92 Å². The monoisotopic (exact) mass is 420 g/mol. The van der Waals surface area contributed by atoms with Gasteiger partial charge in [0.15, 0.2) is 0 Å². The van der Waals surface area contributed by atoms with Crippen LogP contribution in [0.25, 0.3) is 0 Å². The number of rotatable bonds is 6. The number of aryl methyl sites for hydroxylation is 1. The van der Waals surface area contributed by atoms with Crippen molar-refractivity contribution in [2.75, 3.05) is 18.4 Å². The number of halogens is 1. The zero-order valence-electron chi connectivity index (χ0n) is 15.9. The number of hydrogen-bond acceptors (Lipinski definition) is 3. The lowest BCUT2D eigenvalue weighted by atomic mass is 9.93. The van der Waals surface area contributed by atoms with Crippen LogP contribution in [0.4, 0.5) is 5.69 Å². The minimum Gasteiger partial charge on any atom is -0.326 e. The molecule has 150 valence electrons. The predicted molar refractivity (Wildman–Crippen MR) is 112 cm³/mol. The zero-order valence-corrected chi connectivity index (χ0v) is 17.5. The summed E-state index contributed by atoms with van der Waals surface area (Å²) in [5, 5.41) is 3.44. The molecule has 0 saturated carbocycles. The summed E-state index contributed by atoms with van der Waals surface area (Å²) in [6, 6.07) is 14.2. The minimum atomic E-state index is -3.45. The Morgan fingerprint density at radius 1 is 1.14 bits per heavy atom. The molecule has 1 N–H and O–H groups in total. The van der Waals surface area contributed by atoms with Gasteiger partial charge in [-0.3, -0.25) is 4.79 Å². The molecule has 1 saturated heterocycles. The first-order valence-corrected chi connectivity index (χ1v) is 11.3. The van der Waals surface area contributed by atoms with Crippen molar-refractivity contribution in [3.63, 3.8) is 0 Å². The van der Waals surface area contributed by atoms with Gasteiger partial charge >= 0.3 is 0 Å². The molecule has 5 nitrogen and oxygen atoms in total. The number of carbonyl (C=O) groups is 1. The highest BCUT2D eigenvalue weighted by Crippen LogP contribution is 2.28. The summed E-state index contributed by atoms with van der Waals surface area (Å²) < 4.78 is 27.3. The molecule has 0 bridgehead atoms. The lowest BCUT2D eigenvalue weighted by molar-refractivity contribution is -0.116. The fourth-order valence-corrected chi connectivity index (χ4v) is 5.43. The van der Waals surface area contributed by atoms with Crippen molar-refractivity contribution >= 4 is 33.2 Å². The summed E-state index contributed by atoms with van der Waals surface area (Å²) >= 11 is 5.93. The van der Waals surface area contributed by atoms with Crippen LogP contribution in [0.5, 0.6) is 0 Å². The highest BCUT2D eigenvalue weighted by Gasteiger charge is 2.30. The largest absolute Gasteiger partial charge is 0.326 e. The maximum Gasteiger partial charge on any atom is 0.243 e. The van der Waals surface area contributed by atoms with E-state index in [1.54, 1.807) is 40.7 Å². The molecular formula is C21H25ClN2O3S. The number of piperidine rings is 1. The van der Waals surface area contributed by atoms with Gasteiger partial charge < -0.3 is 5.32 Å². The Bertz CT molecular complexity index is 938. The van der Waals surface area contributed by atoms with Gasteiger partial charge in [0.05, 0.1) is 4.90 Å². The second-order valence-electron chi connectivity index (χ2n) is 7.21. The summed E-state index contributed by atoms with van der Waals surface area (Å²) in [6.45, 7) is 2.81. The molecule has 0 atom stereocenters. The number of carbonyl (C=O) groups excluding carboxylic acids is 1. The van der Waals surface area contributed by atoms with E-state index >= 15 is 0 Å². The third kappa shape index (κ3) is 5.13. The Morgan fingerprint density at radius 3 is 2.54 bits per heavy atom. The van der Waals surface area contributed by atoms with Crippen LogP contribution in [0.2, 0.25) is 5.02 Å². The van der Waals surface area contributed by atoms with Crippen molar-refractivity contribution in [1.29, 1.82) is 0 Å². The van der Waals surface area contributed by atoms with Crippen LogP contribution in [0.3, 0.4) is 0 Å². The van der Waals surface area contributed by atoms with Gasteiger partial charge in [-0.2, -0.15) is 4.31 Å². The summed E-state index contributed by atoms with van der Waals surface area (Å²) in [5.41, 5.74) is 1.46. The molecule has 1 amide bonds. The Morgan fingerprint density at radius 2 is 1.86 bits per heavy atom. The fraction of sp³-hybridized carbons (Fsp3) is 0.381. The van der Waals surface area contributed by atoms with E-state index in [0.29, 0.717) is 41.0 Å². The van der Waals surface area contributed by atoms with E-state index in [2.05, 4.69) is 5.32 Å². The number of anilines is 1. The Balaban J connectivity index is 1.49. The normalized spacial score (nSPS) is 16.1. The van der Waals surface area contributed by atoms with Gasteiger partial charge in [-0.15, -0.1) is 0 Å². The third-order valence-corrected chi connectivity index (χ3v) is 7.47. The van der Waals surface area contributed by atoms with Crippen LogP contribution in [0.15, 0.2) is 53.4 Å². The molecule has 1 heterocycles. The van der Waals surface area contributed by atoms with Crippen molar-refractivity contribution in [3.05, 3.63) is 59.1 Å². The molecule has 3 rings (SSSR count). The van der Waals surface area contributed by atoms with E-state index in [9.17, 15) is 13.2 Å². The second-order valence-corrected chi connectivity index (χ2v) is 9.55. The summed E-state index contributed by atoms with van der Waals surface area (Å²) in [5.74, 6) is 0.311. The predicted octanol–water partition coefficient (Wildman–Crippen LogP) is 4.47. The van der Waals surface area contributed by atoms with Crippen LogP contribution >= 0.6 is 11.6 Å². The quantitative estimate of drug-likeness (QED) is 0.749. The molecule has 0 aromatic heterocycles. The smallest absolute Gasteiger partial charge is 0.243 e. The molecule has 7 heteroatoms. The van der Waals surface area contributed by atoms with Gasteiger partial charge in [0.2, 0.25) is 15.9 Å². The van der Waals surface area contributed by atoms with Gasteiger partial charge in [0, 0.05) is 30.2 Å². The number of hydrogen-bond donors (Lipinski definition) is 1. The maximum absolute atomic E-state index is 12.9. The van der Waals surface area contributed by atoms with Gasteiger partial charge in [0.1, 0.15) is 0 Å². The molecule has 0 radical (unpaired) electrons. The maximum atomic E-state index is 12.9. The van der Waals surface area contributed by atoms with Crippen molar-refractivity contribution in [1.82, 2.24) is 4.31 Å². The van der Waals surface area contributed by atoms with Crippen LogP contribution in [-0.2, 0) is 14.8 Å². The summed E-state index contributed by atoms with van der Waals surface area (Å²) in [6.07, 6.45) is 2.72. The van der Waals surface area contributed by atoms with Gasteiger partial charge in [-0.05, 0) is 61.9 Å². The molecule has 2 aromatic carbocycles. The molecule has 1 fully saturated rings. The van der Waals surface area contributed by atoms with Crippen LogP contribution in [-0.4, -0.2) is 31.7 Å². The van der Waals surface area contributed by atoms with E-state index in [1.807, 2.05) is 19.1 Å². The molecule has 0 unspecified atom stereocenters. The number of nitrogens with zero attached hydrogens (tertiary/aromatic N) is 1. The Labute approximate surface area is 171 Å². The average Bonchev–Trinajstić information content (AvgIpc) is 2.67. The summed E-state index contributed by atoms with van der Waals surface area (Å²) in [7, 11) is -3.45. The van der Waals surface area contributed by atoms with Gasteiger partial charge in [-0.25, -0.2) is 8.42 Å². The third-order valence-electron chi connectivity index (χ3n) is 5.17. The highest BCUT2D eigenvalue weighted by molar-refractivity contribution is 7.89. The first-order valence-electron chi connectivity index (χ1n) is 9.47. The lowest BCUT2D eigenvalue weighted by Gasteiger charge is -2.31. The molecule has 2 aromatic rings. The van der Waals surface area contributed by atoms with E-state index in [-0.39, 0.29) is 5.91 Å². The SMILES string of the molecule is Cc1ccccc1S(=O)(=O)N1CCC(CCC(=O)Nc2cccc(Cl)c2)CC1. The number of benzene rings is 2. The van der Waals surface area contributed by atoms with Crippen molar-refractivity contribution in [2.45, 2.75) is 37.5 Å². The van der Waals surface area contributed by atoms with Crippen LogP contribution in [0.1, 0.15) is 31.2 Å². The molecule has 1 aliphatic rings. The van der Waals surface area contributed by atoms with Crippen molar-refractivity contribution in [3.8, 4) is 0 Å². The van der Waals surface area contributed by atoms with E-state index in [4.69, 9.17) is 11.6 Å². The Kier molecular flexibility index (Phi) is 6.75. The van der Waals surface area contributed by atoms with E-state index < -0.39 is 10.0 Å². The minimum absolute atomic E-state index is 0.0442. The zero-order chi connectivity index (χ0) is 20.1. The topological polar surface area (TPSA) is 66.5 Å². The standard InChI is InChI=1S/C21H25ClN2O3S/c1-16-5-2-3-8-20(16)28(26,27)24-13-11-17(12-14-24)9-10-21(25)23-19-7-4-6-18(22)15-19/h2-8,15,17H,9-14H2,1H3,(H,23,25). The van der Waals surface area contributed by atoms with Gasteiger partial charge in [-0.1, -0.05) is 35.9 Å². The fourth-order valence-electron chi connectivity index (χ4n) is 3.55. The Hall–Kier alpha value is -1.89. The second kappa shape index (κ2) is 9.07. The summed E-state index contributed by atoms with van der Waals surface area (Å²) in [4.78, 5) is 12.5. The molecular weight excluding hydrogens is 396 g/mol. The first-order chi connectivity index (χ1) is 13.4. The number of sulfonamides is 1.